The highest BCUT2D eigenvalue weighted by molar-refractivity contribution is 9.10. The van der Waals surface area contributed by atoms with Crippen molar-refractivity contribution in [2.24, 2.45) is 0 Å². The summed E-state index contributed by atoms with van der Waals surface area (Å²) in [6, 6.07) is 11.6. The molecule has 0 bridgehead atoms. The number of sulfonamides is 1. The van der Waals surface area contributed by atoms with Gasteiger partial charge in [-0.05, 0) is 57.5 Å². The smallest absolute Gasteiger partial charge is 0.244 e. The summed E-state index contributed by atoms with van der Waals surface area (Å²) in [5.41, 5.74) is -0.0191. The first kappa shape index (κ1) is 26.8. The first-order valence-electron chi connectivity index (χ1n) is 10.3. The Balaban J connectivity index is 2.42. The van der Waals surface area contributed by atoms with E-state index in [0.717, 1.165) is 22.4 Å². The molecule has 2 amide bonds. The van der Waals surface area contributed by atoms with Crippen molar-refractivity contribution in [1.29, 1.82) is 0 Å². The SMILES string of the molecule is C[C@H](C(=O)NC(C)(C)C)N(Cc1cccc(Br)c1)C(=O)CN(c1ccccc1F)S(C)(=O)=O. The van der Waals surface area contributed by atoms with E-state index in [0.29, 0.717) is 4.31 Å². The fraction of sp³-hybridized carbons (Fsp3) is 0.391. The number of rotatable bonds is 8. The topological polar surface area (TPSA) is 86.8 Å². The highest BCUT2D eigenvalue weighted by atomic mass is 79.9. The molecule has 0 aliphatic heterocycles. The van der Waals surface area contributed by atoms with Crippen LogP contribution in [0.25, 0.3) is 0 Å². The van der Waals surface area contributed by atoms with Gasteiger partial charge in [0.2, 0.25) is 21.8 Å². The lowest BCUT2D eigenvalue weighted by molar-refractivity contribution is -0.140. The van der Waals surface area contributed by atoms with E-state index in [1.807, 2.05) is 26.8 Å². The molecule has 2 aromatic carbocycles. The monoisotopic (exact) mass is 541 g/mol. The van der Waals surface area contributed by atoms with Crippen LogP contribution >= 0.6 is 15.9 Å². The molecule has 0 spiro atoms. The third-order valence-electron chi connectivity index (χ3n) is 4.71. The molecule has 2 rings (SSSR count). The zero-order valence-corrected chi connectivity index (χ0v) is 21.7. The van der Waals surface area contributed by atoms with Gasteiger partial charge < -0.3 is 10.2 Å². The Labute approximate surface area is 203 Å². The summed E-state index contributed by atoms with van der Waals surface area (Å²) in [7, 11) is -3.99. The van der Waals surface area contributed by atoms with E-state index in [1.165, 1.54) is 23.1 Å². The number of carbonyl (C=O) groups excluding carboxylic acids is 2. The molecule has 0 radical (unpaired) electrons. The highest BCUT2D eigenvalue weighted by Gasteiger charge is 2.32. The average Bonchev–Trinajstić information content (AvgIpc) is 2.68. The molecule has 1 atom stereocenters. The number of nitrogens with zero attached hydrogens (tertiary/aromatic N) is 2. The summed E-state index contributed by atoms with van der Waals surface area (Å²) in [6.45, 7) is 6.45. The van der Waals surface area contributed by atoms with Crippen molar-refractivity contribution in [2.45, 2.75) is 45.8 Å². The number of carbonyl (C=O) groups is 2. The van der Waals surface area contributed by atoms with Crippen LogP contribution < -0.4 is 9.62 Å². The van der Waals surface area contributed by atoms with Gasteiger partial charge in [-0.1, -0.05) is 40.2 Å². The second-order valence-corrected chi connectivity index (χ2v) is 11.6. The number of hydrogen-bond donors (Lipinski definition) is 1. The van der Waals surface area contributed by atoms with E-state index in [-0.39, 0.29) is 18.1 Å². The quantitative estimate of drug-likeness (QED) is 0.552. The van der Waals surface area contributed by atoms with Gasteiger partial charge in [0, 0.05) is 16.6 Å². The molecule has 0 aliphatic carbocycles. The molecule has 10 heteroatoms. The van der Waals surface area contributed by atoms with Crippen LogP contribution in [0.1, 0.15) is 33.3 Å². The number of nitrogens with one attached hydrogen (secondary N) is 1. The Kier molecular flexibility index (Phi) is 8.64. The lowest BCUT2D eigenvalue weighted by atomic mass is 10.1. The van der Waals surface area contributed by atoms with Gasteiger partial charge in [0.1, 0.15) is 18.4 Å². The van der Waals surface area contributed by atoms with Gasteiger partial charge in [0.25, 0.3) is 0 Å². The van der Waals surface area contributed by atoms with Gasteiger partial charge >= 0.3 is 0 Å². The van der Waals surface area contributed by atoms with Gasteiger partial charge in [0.05, 0.1) is 11.9 Å². The molecule has 33 heavy (non-hydrogen) atoms. The minimum atomic E-state index is -3.99. The minimum absolute atomic E-state index is 0.0614. The molecule has 1 N–H and O–H groups in total. The van der Waals surface area contributed by atoms with Crippen LogP contribution in [0.4, 0.5) is 10.1 Å². The molecule has 2 aromatic rings. The van der Waals surface area contributed by atoms with Crippen LogP contribution in [0, 0.1) is 5.82 Å². The van der Waals surface area contributed by atoms with Gasteiger partial charge in [-0.15, -0.1) is 0 Å². The molecule has 0 unspecified atom stereocenters. The molecule has 0 heterocycles. The molecular formula is C23H29BrFN3O4S. The molecule has 0 aliphatic rings. The number of halogens is 2. The second kappa shape index (κ2) is 10.6. The fourth-order valence-corrected chi connectivity index (χ4v) is 4.43. The van der Waals surface area contributed by atoms with Crippen LogP contribution in [0.2, 0.25) is 0 Å². The number of hydrogen-bond acceptors (Lipinski definition) is 4. The summed E-state index contributed by atoms with van der Waals surface area (Å²) in [4.78, 5) is 27.5. The number of para-hydroxylation sites is 1. The Bertz CT molecular complexity index is 1120. The predicted molar refractivity (Wildman–Crippen MR) is 131 cm³/mol. The molecule has 0 saturated heterocycles. The first-order chi connectivity index (χ1) is 15.2. The summed E-state index contributed by atoms with van der Waals surface area (Å²) >= 11 is 3.39. The van der Waals surface area contributed by atoms with Crippen LogP contribution in [0.3, 0.4) is 0 Å². The number of benzene rings is 2. The first-order valence-corrected chi connectivity index (χ1v) is 12.9. The lowest BCUT2D eigenvalue weighted by Gasteiger charge is -2.33. The average molecular weight is 542 g/mol. The van der Waals surface area contributed by atoms with Crippen LogP contribution in [-0.2, 0) is 26.2 Å². The van der Waals surface area contributed by atoms with Gasteiger partial charge in [-0.25, -0.2) is 12.8 Å². The lowest BCUT2D eigenvalue weighted by Crippen LogP contribution is -2.54. The maximum absolute atomic E-state index is 14.4. The molecule has 7 nitrogen and oxygen atoms in total. The molecular weight excluding hydrogens is 513 g/mol. The summed E-state index contributed by atoms with van der Waals surface area (Å²) in [5.74, 6) is -1.80. The van der Waals surface area contributed by atoms with Crippen molar-refractivity contribution in [3.63, 3.8) is 0 Å². The largest absolute Gasteiger partial charge is 0.350 e. The molecule has 0 saturated carbocycles. The van der Waals surface area contributed by atoms with E-state index in [2.05, 4.69) is 21.2 Å². The van der Waals surface area contributed by atoms with Gasteiger partial charge in [0.15, 0.2) is 0 Å². The van der Waals surface area contributed by atoms with Crippen molar-refractivity contribution in [3.8, 4) is 0 Å². The maximum Gasteiger partial charge on any atom is 0.244 e. The third-order valence-corrected chi connectivity index (χ3v) is 6.33. The standard InChI is InChI=1S/C23H29BrFN3O4S/c1-16(22(30)26-23(2,3)4)27(14-17-9-8-10-18(24)13-17)21(29)15-28(33(5,31)32)20-12-7-6-11-19(20)25/h6-13,16H,14-15H2,1-5H3,(H,26,30)/t16-/m1/s1. The van der Waals surface area contributed by atoms with Crippen molar-refractivity contribution >= 4 is 43.5 Å². The Morgan fingerprint density at radius 3 is 2.30 bits per heavy atom. The number of anilines is 1. The zero-order valence-electron chi connectivity index (χ0n) is 19.3. The van der Waals surface area contributed by atoms with Crippen molar-refractivity contribution in [2.75, 3.05) is 17.1 Å². The fourth-order valence-electron chi connectivity index (χ4n) is 3.14. The predicted octanol–water partition coefficient (Wildman–Crippen LogP) is 3.69. The third kappa shape index (κ3) is 7.82. The van der Waals surface area contributed by atoms with Crippen LogP contribution in [0.5, 0.6) is 0 Å². The minimum Gasteiger partial charge on any atom is -0.350 e. The van der Waals surface area contributed by atoms with Gasteiger partial charge in [-0.3, -0.25) is 13.9 Å². The summed E-state index contributed by atoms with van der Waals surface area (Å²) < 4.78 is 40.8. The van der Waals surface area contributed by atoms with E-state index in [4.69, 9.17) is 0 Å². The van der Waals surface area contributed by atoms with Gasteiger partial charge in [-0.2, -0.15) is 0 Å². The summed E-state index contributed by atoms with van der Waals surface area (Å²) in [6.07, 6.45) is 0.904. The van der Waals surface area contributed by atoms with Crippen molar-refractivity contribution in [3.05, 3.63) is 64.4 Å². The van der Waals surface area contributed by atoms with E-state index < -0.39 is 39.9 Å². The van der Waals surface area contributed by atoms with E-state index in [9.17, 15) is 22.4 Å². The normalized spacial score (nSPS) is 12.7. The Hall–Kier alpha value is -2.46. The Morgan fingerprint density at radius 1 is 1.12 bits per heavy atom. The summed E-state index contributed by atoms with van der Waals surface area (Å²) in [5, 5.41) is 2.84. The van der Waals surface area contributed by atoms with Crippen LogP contribution in [-0.4, -0.2) is 49.5 Å². The van der Waals surface area contributed by atoms with Crippen molar-refractivity contribution in [1.82, 2.24) is 10.2 Å². The number of amides is 2. The van der Waals surface area contributed by atoms with Crippen LogP contribution in [0.15, 0.2) is 53.0 Å². The van der Waals surface area contributed by atoms with Crippen molar-refractivity contribution < 1.29 is 22.4 Å². The van der Waals surface area contributed by atoms with E-state index in [1.54, 1.807) is 25.1 Å². The zero-order chi connectivity index (χ0) is 25.0. The molecule has 180 valence electrons. The Morgan fingerprint density at radius 2 is 1.76 bits per heavy atom. The van der Waals surface area contributed by atoms with E-state index >= 15 is 0 Å². The second-order valence-electron chi connectivity index (χ2n) is 8.79. The highest BCUT2D eigenvalue weighted by Crippen LogP contribution is 2.22. The maximum atomic E-state index is 14.4. The molecule has 0 aromatic heterocycles. The molecule has 0 fully saturated rings.